The van der Waals surface area contributed by atoms with E-state index >= 15 is 0 Å². The maximum Gasteiger partial charge on any atom is 0.344 e. The molecule has 128 valence electrons. The molecular formula is C19H10ClFN2O3. The Labute approximate surface area is 151 Å². The first kappa shape index (κ1) is 16.2. The quantitative estimate of drug-likeness (QED) is 0.660. The molecule has 1 atom stereocenters. The first-order chi connectivity index (χ1) is 12.5. The van der Waals surface area contributed by atoms with Gasteiger partial charge >= 0.3 is 5.63 Å². The topological polar surface area (TPSA) is 89.3 Å². The first-order valence-corrected chi connectivity index (χ1v) is 7.98. The summed E-state index contributed by atoms with van der Waals surface area (Å²) in [5.74, 6) is -1.86. The van der Waals surface area contributed by atoms with Crippen LogP contribution in [0.3, 0.4) is 0 Å². The number of hydrogen-bond acceptors (Lipinski definition) is 5. The molecule has 2 aromatic carbocycles. The summed E-state index contributed by atoms with van der Waals surface area (Å²) in [6.07, 6.45) is 0. The van der Waals surface area contributed by atoms with Gasteiger partial charge < -0.3 is 14.9 Å². The van der Waals surface area contributed by atoms with E-state index in [9.17, 15) is 14.4 Å². The van der Waals surface area contributed by atoms with E-state index in [1.54, 1.807) is 24.3 Å². The van der Waals surface area contributed by atoms with Crippen molar-refractivity contribution in [2.45, 2.75) is 5.92 Å². The lowest BCUT2D eigenvalue weighted by molar-refractivity contribution is 0.387. The monoisotopic (exact) mass is 368 g/mol. The Morgan fingerprint density at radius 1 is 1.15 bits per heavy atom. The van der Waals surface area contributed by atoms with Gasteiger partial charge in [-0.15, -0.1) is 0 Å². The normalized spacial score (nSPS) is 16.1. The third-order valence-electron chi connectivity index (χ3n) is 4.26. The summed E-state index contributed by atoms with van der Waals surface area (Å²) in [4.78, 5) is 12.7. The minimum absolute atomic E-state index is 0.0125. The lowest BCUT2D eigenvalue weighted by atomic mass is 9.83. The average molecular weight is 369 g/mol. The molecule has 1 aliphatic rings. The molecule has 0 radical (unpaired) electrons. The van der Waals surface area contributed by atoms with E-state index in [2.05, 4.69) is 0 Å². The number of rotatable bonds is 1. The van der Waals surface area contributed by atoms with Crippen LogP contribution in [-0.2, 0) is 0 Å². The van der Waals surface area contributed by atoms with Crippen LogP contribution in [0.5, 0.6) is 5.75 Å². The molecule has 5 nitrogen and oxygen atoms in total. The number of fused-ring (bicyclic) bond motifs is 3. The van der Waals surface area contributed by atoms with Gasteiger partial charge in [-0.2, -0.15) is 5.26 Å². The Hall–Kier alpha value is -3.30. The number of para-hydroxylation sites is 1. The molecule has 7 heteroatoms. The number of nitrogens with zero attached hydrogens (tertiary/aromatic N) is 1. The van der Waals surface area contributed by atoms with Crippen molar-refractivity contribution in [3.8, 4) is 11.8 Å². The van der Waals surface area contributed by atoms with Gasteiger partial charge in [0.05, 0.1) is 16.9 Å². The summed E-state index contributed by atoms with van der Waals surface area (Å²) in [5.41, 5.74) is 5.31. The van der Waals surface area contributed by atoms with Crippen molar-refractivity contribution in [1.82, 2.24) is 0 Å². The molecule has 26 heavy (non-hydrogen) atoms. The summed E-state index contributed by atoms with van der Waals surface area (Å²) in [7, 11) is 0. The number of halogens is 2. The summed E-state index contributed by atoms with van der Waals surface area (Å²) >= 11 is 6.18. The van der Waals surface area contributed by atoms with Crippen molar-refractivity contribution in [2.24, 2.45) is 5.73 Å². The van der Waals surface area contributed by atoms with Crippen LogP contribution >= 0.6 is 11.6 Å². The molecule has 3 aromatic rings. The Kier molecular flexibility index (Phi) is 3.67. The van der Waals surface area contributed by atoms with Crippen molar-refractivity contribution < 1.29 is 13.5 Å². The molecule has 0 bridgehead atoms. The summed E-state index contributed by atoms with van der Waals surface area (Å²) in [6, 6.07) is 12.7. The van der Waals surface area contributed by atoms with E-state index < -0.39 is 17.4 Å². The molecule has 0 amide bonds. The van der Waals surface area contributed by atoms with Gasteiger partial charge in [-0.25, -0.2) is 9.18 Å². The molecule has 0 saturated carbocycles. The highest BCUT2D eigenvalue weighted by atomic mass is 35.5. The molecule has 2 heterocycles. The second-order valence-electron chi connectivity index (χ2n) is 5.69. The van der Waals surface area contributed by atoms with Crippen LogP contribution in [0.2, 0.25) is 5.02 Å². The lowest BCUT2D eigenvalue weighted by Gasteiger charge is -2.26. The molecule has 1 aliphatic heterocycles. The summed E-state index contributed by atoms with van der Waals surface area (Å²) < 4.78 is 25.5. The van der Waals surface area contributed by atoms with Crippen LogP contribution in [-0.4, -0.2) is 0 Å². The van der Waals surface area contributed by atoms with E-state index in [0.29, 0.717) is 11.0 Å². The predicted octanol–water partition coefficient (Wildman–Crippen LogP) is 3.80. The van der Waals surface area contributed by atoms with Crippen molar-refractivity contribution >= 4 is 22.6 Å². The number of benzene rings is 2. The zero-order chi connectivity index (χ0) is 18.4. The number of allylic oxidation sites excluding steroid dienone is 1. The van der Waals surface area contributed by atoms with Crippen molar-refractivity contribution in [3.63, 3.8) is 0 Å². The largest absolute Gasteiger partial charge is 0.439 e. The maximum absolute atomic E-state index is 14.6. The second-order valence-corrected chi connectivity index (χ2v) is 6.10. The Morgan fingerprint density at radius 2 is 1.92 bits per heavy atom. The highest BCUT2D eigenvalue weighted by Crippen LogP contribution is 2.45. The SMILES string of the molecule is N#CC1=C(N)Oc2c(c(=O)oc3ccccc23)[C@H]1c1c(F)cccc1Cl. The van der Waals surface area contributed by atoms with Gasteiger partial charge in [0.2, 0.25) is 5.88 Å². The smallest absolute Gasteiger partial charge is 0.344 e. The molecule has 0 unspecified atom stereocenters. The van der Waals surface area contributed by atoms with Gasteiger partial charge in [0.15, 0.2) is 5.75 Å². The van der Waals surface area contributed by atoms with Crippen LogP contribution in [0, 0.1) is 17.1 Å². The van der Waals surface area contributed by atoms with Crippen LogP contribution in [0.1, 0.15) is 17.0 Å². The van der Waals surface area contributed by atoms with Crippen molar-refractivity contribution in [2.75, 3.05) is 0 Å². The highest BCUT2D eigenvalue weighted by Gasteiger charge is 2.37. The Bertz CT molecular complexity index is 1170. The Morgan fingerprint density at radius 3 is 2.65 bits per heavy atom. The molecule has 4 rings (SSSR count). The molecule has 2 N–H and O–H groups in total. The average Bonchev–Trinajstić information content (AvgIpc) is 2.61. The third kappa shape index (κ3) is 2.25. The first-order valence-electron chi connectivity index (χ1n) is 7.60. The van der Waals surface area contributed by atoms with Crippen LogP contribution in [0.4, 0.5) is 4.39 Å². The summed E-state index contributed by atoms with van der Waals surface area (Å²) in [6.45, 7) is 0. The molecule has 0 saturated heterocycles. The Balaban J connectivity index is 2.15. The zero-order valence-corrected chi connectivity index (χ0v) is 13.9. The standard InChI is InChI=1S/C19H10ClFN2O3/c20-11-5-3-6-12(21)15(11)14-10(8-22)18(23)26-17-9-4-1-2-7-13(9)25-19(24)16(14)17/h1-7,14H,23H2/t14-/m1/s1. The summed E-state index contributed by atoms with van der Waals surface area (Å²) in [5, 5.41) is 10.1. The fourth-order valence-electron chi connectivity index (χ4n) is 3.14. The van der Waals surface area contributed by atoms with Crippen LogP contribution in [0.25, 0.3) is 11.0 Å². The number of nitriles is 1. The van der Waals surface area contributed by atoms with Gasteiger partial charge in [0.1, 0.15) is 23.0 Å². The lowest BCUT2D eigenvalue weighted by Crippen LogP contribution is -2.27. The maximum atomic E-state index is 14.6. The van der Waals surface area contributed by atoms with E-state index in [4.69, 9.17) is 26.5 Å². The second kappa shape index (κ2) is 5.90. The van der Waals surface area contributed by atoms with Gasteiger partial charge in [0.25, 0.3) is 0 Å². The zero-order valence-electron chi connectivity index (χ0n) is 13.1. The molecule has 0 spiro atoms. The highest BCUT2D eigenvalue weighted by molar-refractivity contribution is 6.31. The number of ether oxygens (including phenoxy) is 1. The molecule has 1 aromatic heterocycles. The van der Waals surface area contributed by atoms with Gasteiger partial charge in [-0.3, -0.25) is 0 Å². The molecule has 0 aliphatic carbocycles. The van der Waals surface area contributed by atoms with Gasteiger partial charge in [0, 0.05) is 10.6 Å². The number of hydrogen-bond donors (Lipinski definition) is 1. The van der Waals surface area contributed by atoms with E-state index in [-0.39, 0.29) is 33.4 Å². The minimum Gasteiger partial charge on any atom is -0.439 e. The van der Waals surface area contributed by atoms with Crippen molar-refractivity contribution in [3.05, 3.63) is 86.3 Å². The van der Waals surface area contributed by atoms with Crippen LogP contribution in [0.15, 0.2) is 63.1 Å². The molecule has 0 fully saturated rings. The van der Waals surface area contributed by atoms with Crippen LogP contribution < -0.4 is 16.1 Å². The van der Waals surface area contributed by atoms with E-state index in [1.165, 1.54) is 18.2 Å². The third-order valence-corrected chi connectivity index (χ3v) is 4.59. The van der Waals surface area contributed by atoms with Gasteiger partial charge in [-0.05, 0) is 24.3 Å². The predicted molar refractivity (Wildman–Crippen MR) is 93.2 cm³/mol. The molecular weight excluding hydrogens is 359 g/mol. The van der Waals surface area contributed by atoms with E-state index in [0.717, 1.165) is 0 Å². The van der Waals surface area contributed by atoms with Crippen molar-refractivity contribution in [1.29, 1.82) is 5.26 Å². The van der Waals surface area contributed by atoms with Gasteiger partial charge in [-0.1, -0.05) is 29.8 Å². The fourth-order valence-corrected chi connectivity index (χ4v) is 3.41. The minimum atomic E-state index is -1.13. The van der Waals surface area contributed by atoms with E-state index in [1.807, 2.05) is 6.07 Å². The number of nitrogens with two attached hydrogens (primary N) is 1. The fraction of sp³-hybridized carbons (Fsp3) is 0.0526.